The van der Waals surface area contributed by atoms with Crippen molar-refractivity contribution in [3.8, 4) is 0 Å². The number of hydrogen-bond acceptors (Lipinski definition) is 0. The molecule has 0 aromatic carbocycles. The van der Waals surface area contributed by atoms with Crippen LogP contribution in [0, 0.1) is 5.92 Å². The number of nitrogens with zero attached hydrogens (tertiary/aromatic N) is 3. The van der Waals surface area contributed by atoms with Gasteiger partial charge in [0.1, 0.15) is 0 Å². The van der Waals surface area contributed by atoms with Crippen LogP contribution in [0.25, 0.3) is 16.0 Å². The third-order valence-electron chi connectivity index (χ3n) is 1.55. The largest absolute Gasteiger partial charge is 4.00 e. The summed E-state index contributed by atoms with van der Waals surface area (Å²) in [6.07, 6.45) is 10.6. The molecule has 0 heterocycles. The molecule has 146 valence electrons. The number of rotatable bonds is 12. The summed E-state index contributed by atoms with van der Waals surface area (Å²) in [6.45, 7) is 31.7. The van der Waals surface area contributed by atoms with Crippen molar-refractivity contribution in [3.63, 3.8) is 0 Å². The normalized spacial score (nSPS) is 7.85. The summed E-state index contributed by atoms with van der Waals surface area (Å²) in [5.41, 5.74) is 0. The van der Waals surface area contributed by atoms with E-state index in [-0.39, 0.29) is 21.7 Å². The molecule has 0 aromatic heterocycles. The van der Waals surface area contributed by atoms with Gasteiger partial charge < -0.3 is 21.9 Å². The molecule has 3 nitrogen and oxygen atoms in total. The molecule has 0 aromatic rings. The smallest absolute Gasteiger partial charge is 0.656 e. The van der Waals surface area contributed by atoms with Crippen molar-refractivity contribution >= 4 is 0 Å². The Bertz CT molecular complexity index is 230. The SMILES string of the molecule is C=CC[N-]CC=C.C=CC[N-]CC=C.C=CC[N-]CC=C.C[C-](C)C.[Ti+4]. The minimum Gasteiger partial charge on any atom is -0.656 e. The average molecular weight is 393 g/mol. The van der Waals surface area contributed by atoms with Crippen molar-refractivity contribution in [1.82, 2.24) is 0 Å². The summed E-state index contributed by atoms with van der Waals surface area (Å²) in [4.78, 5) is 0. The molecule has 0 amide bonds. The van der Waals surface area contributed by atoms with E-state index >= 15 is 0 Å². The molecule has 4 heteroatoms. The fourth-order valence-electron chi connectivity index (χ4n) is 0.771. The summed E-state index contributed by atoms with van der Waals surface area (Å²) < 4.78 is 0. The molecule has 26 heavy (non-hydrogen) atoms. The average Bonchev–Trinajstić information content (AvgIpc) is 2.57. The van der Waals surface area contributed by atoms with Gasteiger partial charge in [0.25, 0.3) is 0 Å². The van der Waals surface area contributed by atoms with Crippen LogP contribution in [-0.4, -0.2) is 39.3 Å². The van der Waals surface area contributed by atoms with E-state index in [1.807, 2.05) is 0 Å². The van der Waals surface area contributed by atoms with E-state index in [1.54, 1.807) is 36.5 Å². The van der Waals surface area contributed by atoms with E-state index in [0.29, 0.717) is 0 Å². The van der Waals surface area contributed by atoms with Crippen LogP contribution in [0.3, 0.4) is 0 Å². The topological polar surface area (TPSA) is 42.3 Å². The molecule has 0 saturated heterocycles. The Hall–Kier alpha value is -0.966. The molecule has 0 atom stereocenters. The van der Waals surface area contributed by atoms with Gasteiger partial charge in [-0.15, -0.1) is 115 Å². The first-order valence-electron chi connectivity index (χ1n) is 8.30. The third-order valence-corrected chi connectivity index (χ3v) is 1.55. The van der Waals surface area contributed by atoms with Gasteiger partial charge in [-0.2, -0.15) is 20.8 Å². The maximum absolute atomic E-state index is 3.97. The standard InChI is InChI=1S/3C6H10N.C4H9.Ti/c3*1-3-5-7-6-4-2;1-4(2)3;/h3*3-4H,1-2,5-6H2;1-3H3;/q4*-1;+4. The molecule has 0 unspecified atom stereocenters. The second-order valence-electron chi connectivity index (χ2n) is 5.00. The van der Waals surface area contributed by atoms with Crippen molar-refractivity contribution in [1.29, 1.82) is 0 Å². The molecular formula is C22H39N3Ti. The molecule has 0 rings (SSSR count). The van der Waals surface area contributed by atoms with Gasteiger partial charge in [0.2, 0.25) is 0 Å². The van der Waals surface area contributed by atoms with Crippen molar-refractivity contribution in [2.45, 2.75) is 20.8 Å². The zero-order valence-corrected chi connectivity index (χ0v) is 18.9. The van der Waals surface area contributed by atoms with Crippen molar-refractivity contribution in [2.75, 3.05) is 39.3 Å². The third kappa shape index (κ3) is 91.9. The summed E-state index contributed by atoms with van der Waals surface area (Å²) in [6, 6.07) is 0. The molecular weight excluding hydrogens is 354 g/mol. The zero-order valence-electron chi connectivity index (χ0n) is 17.3. The Morgan fingerprint density at radius 1 is 0.500 bits per heavy atom. The van der Waals surface area contributed by atoms with E-state index in [2.05, 4.69) is 76.2 Å². The molecule has 0 bridgehead atoms. The van der Waals surface area contributed by atoms with E-state index in [0.717, 1.165) is 39.3 Å². The Kier molecular flexibility index (Phi) is 60.9. The van der Waals surface area contributed by atoms with Crippen LogP contribution in [0.1, 0.15) is 20.8 Å². The van der Waals surface area contributed by atoms with E-state index < -0.39 is 0 Å². The summed E-state index contributed by atoms with van der Waals surface area (Å²) in [5.74, 6) is 1.42. The second kappa shape index (κ2) is 43.9. The van der Waals surface area contributed by atoms with E-state index in [4.69, 9.17) is 0 Å². The molecule has 0 aliphatic heterocycles. The van der Waals surface area contributed by atoms with Crippen molar-refractivity contribution in [3.05, 3.63) is 97.8 Å². The molecule has 0 aliphatic rings. The first kappa shape index (κ1) is 36.0. The van der Waals surface area contributed by atoms with Crippen LogP contribution < -0.4 is 0 Å². The van der Waals surface area contributed by atoms with Crippen LogP contribution in [0.4, 0.5) is 0 Å². The van der Waals surface area contributed by atoms with Gasteiger partial charge in [-0.1, -0.05) is 0 Å². The van der Waals surface area contributed by atoms with Crippen LogP contribution in [0.15, 0.2) is 75.9 Å². The Morgan fingerprint density at radius 2 is 0.615 bits per heavy atom. The Labute approximate surface area is 179 Å². The van der Waals surface area contributed by atoms with Gasteiger partial charge >= 0.3 is 21.7 Å². The van der Waals surface area contributed by atoms with Crippen LogP contribution in [0.5, 0.6) is 0 Å². The second-order valence-corrected chi connectivity index (χ2v) is 5.00. The molecule has 0 spiro atoms. The van der Waals surface area contributed by atoms with Crippen molar-refractivity contribution < 1.29 is 21.7 Å². The maximum atomic E-state index is 3.97. The monoisotopic (exact) mass is 393 g/mol. The van der Waals surface area contributed by atoms with Crippen LogP contribution >= 0.6 is 0 Å². The fraction of sp³-hybridized carbons (Fsp3) is 0.409. The minimum absolute atomic E-state index is 0. The predicted octanol–water partition coefficient (Wildman–Crippen LogP) is 6.81. The van der Waals surface area contributed by atoms with Gasteiger partial charge in [-0.3, -0.25) is 0 Å². The summed E-state index contributed by atoms with van der Waals surface area (Å²) in [5, 5.41) is 11.9. The minimum atomic E-state index is 0. The van der Waals surface area contributed by atoms with Gasteiger partial charge in [-0.05, 0) is 0 Å². The molecule has 0 N–H and O–H groups in total. The molecule has 0 fully saturated rings. The first-order chi connectivity index (χ1) is 12.0. The fourth-order valence-corrected chi connectivity index (χ4v) is 0.771. The quantitative estimate of drug-likeness (QED) is 0.151. The van der Waals surface area contributed by atoms with Gasteiger partial charge in [-0.25, -0.2) is 0 Å². The van der Waals surface area contributed by atoms with E-state index in [1.165, 1.54) is 5.92 Å². The number of hydrogen-bond donors (Lipinski definition) is 0. The Balaban J connectivity index is -0.0000000759. The molecule has 0 saturated carbocycles. The van der Waals surface area contributed by atoms with E-state index in [9.17, 15) is 0 Å². The molecule has 0 aliphatic carbocycles. The van der Waals surface area contributed by atoms with Gasteiger partial charge in [0, 0.05) is 0 Å². The van der Waals surface area contributed by atoms with Gasteiger partial charge in [0.05, 0.1) is 0 Å². The first-order valence-corrected chi connectivity index (χ1v) is 8.30. The van der Waals surface area contributed by atoms with Crippen LogP contribution in [-0.2, 0) is 21.7 Å². The maximum Gasteiger partial charge on any atom is 4.00 e. The van der Waals surface area contributed by atoms with Gasteiger partial charge in [0.15, 0.2) is 0 Å². The van der Waals surface area contributed by atoms with Crippen LogP contribution in [0.2, 0.25) is 0 Å². The van der Waals surface area contributed by atoms with Crippen molar-refractivity contribution in [2.24, 2.45) is 0 Å². The summed E-state index contributed by atoms with van der Waals surface area (Å²) in [7, 11) is 0. The summed E-state index contributed by atoms with van der Waals surface area (Å²) >= 11 is 0. The molecule has 0 radical (unpaired) electrons. The Morgan fingerprint density at radius 3 is 0.692 bits per heavy atom. The predicted molar refractivity (Wildman–Crippen MR) is 121 cm³/mol. The zero-order chi connectivity index (χ0) is 20.2.